The molecule has 5 heterocycles. The molecule has 0 bridgehead atoms. The van der Waals surface area contributed by atoms with E-state index >= 15 is 0 Å². The second kappa shape index (κ2) is 14.0. The van der Waals surface area contributed by atoms with Crippen molar-refractivity contribution in [2.45, 2.75) is 62.2 Å². The van der Waals surface area contributed by atoms with Crippen molar-refractivity contribution in [1.29, 1.82) is 0 Å². The van der Waals surface area contributed by atoms with Crippen LogP contribution in [0.5, 0.6) is 0 Å². The number of anilines is 3. The molecule has 6 atom stereocenters. The molecule has 4 aromatic heterocycles. The number of amides is 2. The number of pyridine rings is 1. The van der Waals surface area contributed by atoms with Gasteiger partial charge in [0.05, 0.1) is 36.9 Å². The lowest BCUT2D eigenvalue weighted by molar-refractivity contribution is 0.00469. The Balaban J connectivity index is 1.17. The van der Waals surface area contributed by atoms with E-state index in [0.29, 0.717) is 54.5 Å². The average Bonchev–Trinajstić information content (AvgIpc) is 3.93. The largest absolute Gasteiger partial charge is 0.394 e. The average molecular weight is 672 g/mol. The standard InChI is InChI=1S/C31H37N13O5/c45-15-21(11-18-5-2-1-3-6-18)34-28-25-29(43(17-33-25)22-12-23(27(48)26(22)47)44-40-24(16-46)39-41-44)38-30(37-28)42-10-8-20(14-42)36-31(49)35-19-7-4-9-32-13-19/h1-7,9,13,17,20-23,26-27,45-48H,8,10-12,14-16H2,(H,34,37,38)(H2,35,36,49)/t20?,21-,22+,23-,26-,27+/m0/s1. The van der Waals surface area contributed by atoms with Crippen molar-refractivity contribution in [1.82, 2.24) is 50.0 Å². The zero-order valence-corrected chi connectivity index (χ0v) is 26.4. The van der Waals surface area contributed by atoms with Gasteiger partial charge < -0.3 is 45.8 Å². The predicted molar refractivity (Wildman–Crippen MR) is 175 cm³/mol. The van der Waals surface area contributed by atoms with Gasteiger partial charge in [0.2, 0.25) is 5.95 Å². The highest BCUT2D eigenvalue weighted by Gasteiger charge is 2.45. The summed E-state index contributed by atoms with van der Waals surface area (Å²) in [5, 5.41) is 63.0. The van der Waals surface area contributed by atoms with Gasteiger partial charge in [-0.2, -0.15) is 14.8 Å². The summed E-state index contributed by atoms with van der Waals surface area (Å²) in [6, 6.07) is 11.0. The molecule has 0 radical (unpaired) electrons. The van der Waals surface area contributed by atoms with Crippen LogP contribution in [-0.4, -0.2) is 115 Å². The minimum Gasteiger partial charge on any atom is -0.394 e. The summed E-state index contributed by atoms with van der Waals surface area (Å²) in [4.78, 5) is 34.3. The van der Waals surface area contributed by atoms with Gasteiger partial charge in [-0.25, -0.2) is 9.78 Å². The van der Waals surface area contributed by atoms with Gasteiger partial charge in [0.15, 0.2) is 22.8 Å². The zero-order valence-electron chi connectivity index (χ0n) is 26.4. The topological polar surface area (TPSA) is 237 Å². The Hall–Kier alpha value is -5.30. The molecule has 2 amide bonds. The van der Waals surface area contributed by atoms with Crippen LogP contribution in [0.25, 0.3) is 11.2 Å². The van der Waals surface area contributed by atoms with Crippen LogP contribution in [0.2, 0.25) is 0 Å². The number of hydrogen-bond acceptors (Lipinski definition) is 14. The Morgan fingerprint density at radius 2 is 1.88 bits per heavy atom. The molecule has 1 saturated carbocycles. The molecule has 49 heavy (non-hydrogen) atoms. The highest BCUT2D eigenvalue weighted by Crippen LogP contribution is 2.40. The highest BCUT2D eigenvalue weighted by atomic mass is 16.3. The predicted octanol–water partition coefficient (Wildman–Crippen LogP) is 0.0239. The fourth-order valence-electron chi connectivity index (χ4n) is 6.44. The lowest BCUT2D eigenvalue weighted by atomic mass is 10.1. The molecule has 2 fully saturated rings. The zero-order chi connectivity index (χ0) is 33.9. The molecule has 1 aliphatic carbocycles. The minimum absolute atomic E-state index is 0.105. The van der Waals surface area contributed by atoms with Gasteiger partial charge in [-0.05, 0) is 42.2 Å². The Kier molecular flexibility index (Phi) is 9.25. The van der Waals surface area contributed by atoms with Crippen LogP contribution < -0.4 is 20.9 Å². The molecule has 1 aromatic carbocycles. The lowest BCUT2D eigenvalue weighted by Gasteiger charge is -2.22. The maximum atomic E-state index is 12.7. The molecule has 1 aliphatic heterocycles. The van der Waals surface area contributed by atoms with Gasteiger partial charge in [0, 0.05) is 25.3 Å². The van der Waals surface area contributed by atoms with Crippen LogP contribution in [0.3, 0.4) is 0 Å². The molecule has 256 valence electrons. The third-order valence-electron chi connectivity index (χ3n) is 8.91. The Labute approximate surface area is 279 Å². The van der Waals surface area contributed by atoms with Crippen LogP contribution in [-0.2, 0) is 13.0 Å². The summed E-state index contributed by atoms with van der Waals surface area (Å²) in [7, 11) is 0. The molecule has 1 unspecified atom stereocenters. The van der Waals surface area contributed by atoms with Crippen LogP contribution in [0.1, 0.15) is 36.3 Å². The van der Waals surface area contributed by atoms with E-state index in [-0.39, 0.29) is 30.9 Å². The summed E-state index contributed by atoms with van der Waals surface area (Å²) >= 11 is 0. The number of fused-ring (bicyclic) bond motifs is 1. The number of benzene rings is 1. The molecule has 5 aromatic rings. The molecule has 7 rings (SSSR count). The van der Waals surface area contributed by atoms with E-state index in [9.17, 15) is 25.2 Å². The monoisotopic (exact) mass is 671 g/mol. The Morgan fingerprint density at radius 3 is 2.63 bits per heavy atom. The number of imidazole rings is 1. The number of carbonyl (C=O) groups excluding carboxylic acids is 1. The van der Waals surface area contributed by atoms with Crippen LogP contribution in [0.15, 0.2) is 61.2 Å². The van der Waals surface area contributed by atoms with E-state index < -0.39 is 36.9 Å². The fourth-order valence-corrected chi connectivity index (χ4v) is 6.44. The van der Waals surface area contributed by atoms with E-state index in [0.717, 1.165) is 5.56 Å². The summed E-state index contributed by atoms with van der Waals surface area (Å²) in [5.41, 5.74) is 2.44. The maximum absolute atomic E-state index is 12.7. The van der Waals surface area contributed by atoms with Crippen molar-refractivity contribution in [2.75, 3.05) is 35.2 Å². The van der Waals surface area contributed by atoms with Gasteiger partial charge in [0.25, 0.3) is 0 Å². The number of aliphatic hydroxyl groups is 4. The fraction of sp³-hybridized carbons (Fsp3) is 0.419. The molecule has 1 saturated heterocycles. The maximum Gasteiger partial charge on any atom is 0.319 e. The molecule has 7 N–H and O–H groups in total. The number of aliphatic hydroxyl groups excluding tert-OH is 4. The smallest absolute Gasteiger partial charge is 0.319 e. The Morgan fingerprint density at radius 1 is 1.04 bits per heavy atom. The molecular weight excluding hydrogens is 634 g/mol. The third kappa shape index (κ3) is 6.84. The first kappa shape index (κ1) is 32.3. The van der Waals surface area contributed by atoms with Crippen molar-refractivity contribution >= 4 is 34.6 Å². The van der Waals surface area contributed by atoms with Gasteiger partial charge in [-0.3, -0.25) is 4.98 Å². The summed E-state index contributed by atoms with van der Waals surface area (Å²) < 4.78 is 1.71. The van der Waals surface area contributed by atoms with E-state index in [1.54, 1.807) is 35.4 Å². The van der Waals surface area contributed by atoms with Crippen LogP contribution in [0, 0.1) is 0 Å². The number of carbonyl (C=O) groups is 1. The molecule has 18 nitrogen and oxygen atoms in total. The number of nitrogens with one attached hydrogen (secondary N) is 3. The molecule has 18 heteroatoms. The lowest BCUT2D eigenvalue weighted by Crippen LogP contribution is -2.40. The van der Waals surface area contributed by atoms with Gasteiger partial charge >= 0.3 is 6.03 Å². The number of hydrogen-bond donors (Lipinski definition) is 7. The first-order chi connectivity index (χ1) is 23.9. The van der Waals surface area contributed by atoms with Gasteiger partial charge in [-0.15, -0.1) is 10.2 Å². The van der Waals surface area contributed by atoms with Crippen molar-refractivity contribution in [3.63, 3.8) is 0 Å². The van der Waals surface area contributed by atoms with Crippen LogP contribution in [0.4, 0.5) is 22.2 Å². The van der Waals surface area contributed by atoms with Crippen molar-refractivity contribution < 1.29 is 25.2 Å². The molecule has 0 spiro atoms. The van der Waals surface area contributed by atoms with Crippen molar-refractivity contribution in [3.05, 3.63) is 72.6 Å². The number of urea groups is 1. The normalized spacial score (nSPS) is 22.8. The van der Waals surface area contributed by atoms with E-state index in [2.05, 4.69) is 41.3 Å². The minimum atomic E-state index is -1.23. The van der Waals surface area contributed by atoms with Gasteiger partial charge in [-0.1, -0.05) is 30.3 Å². The quantitative estimate of drug-likeness (QED) is 0.0981. The van der Waals surface area contributed by atoms with Gasteiger partial charge in [0.1, 0.15) is 24.9 Å². The Bertz CT molecular complexity index is 1870. The summed E-state index contributed by atoms with van der Waals surface area (Å²) in [6.07, 6.45) is 3.70. The molecule has 2 aliphatic rings. The van der Waals surface area contributed by atoms with Crippen LogP contribution >= 0.6 is 0 Å². The molecular formula is C31H37N13O5. The van der Waals surface area contributed by atoms with E-state index in [1.807, 2.05) is 35.2 Å². The SMILES string of the molecule is O=C(Nc1cccnc1)NC1CCN(c2nc(N[C@H](CO)Cc3ccccc3)c3ncn([C@@H]4C[C@H](n5nnc(CO)n5)[C@@H](O)[C@H]4O)c3n2)C1. The highest BCUT2D eigenvalue weighted by molar-refractivity contribution is 5.89. The summed E-state index contributed by atoms with van der Waals surface area (Å²) in [5.74, 6) is 0.878. The second-order valence-electron chi connectivity index (χ2n) is 12.2. The number of nitrogens with zero attached hydrogens (tertiary/aromatic N) is 10. The summed E-state index contributed by atoms with van der Waals surface area (Å²) in [6.45, 7) is 0.416. The second-order valence-corrected chi connectivity index (χ2v) is 12.2. The first-order valence-corrected chi connectivity index (χ1v) is 16.0. The van der Waals surface area contributed by atoms with E-state index in [1.165, 1.54) is 4.80 Å². The number of tetrazole rings is 1. The van der Waals surface area contributed by atoms with Crippen molar-refractivity contribution in [2.24, 2.45) is 0 Å². The van der Waals surface area contributed by atoms with Crippen molar-refractivity contribution in [3.8, 4) is 0 Å². The number of aromatic nitrogens is 9. The van der Waals surface area contributed by atoms with E-state index in [4.69, 9.17) is 9.97 Å². The first-order valence-electron chi connectivity index (χ1n) is 16.0. The third-order valence-corrected chi connectivity index (χ3v) is 8.91. The number of rotatable bonds is 11.